The standard InChI is InChI=1S/C12H13N3S/c13-8-2-1-3-10(6-8)16-12-5-4-9(14)7-11(12)15/h1-7H,13-15H2. The van der Waals surface area contributed by atoms with Crippen molar-refractivity contribution in [2.75, 3.05) is 17.2 Å². The summed E-state index contributed by atoms with van der Waals surface area (Å²) >= 11 is 1.58. The number of rotatable bonds is 2. The van der Waals surface area contributed by atoms with E-state index in [-0.39, 0.29) is 0 Å². The monoisotopic (exact) mass is 231 g/mol. The summed E-state index contributed by atoms with van der Waals surface area (Å²) in [6.07, 6.45) is 0. The summed E-state index contributed by atoms with van der Waals surface area (Å²) in [4.78, 5) is 2.05. The lowest BCUT2D eigenvalue weighted by molar-refractivity contribution is 1.41. The van der Waals surface area contributed by atoms with Crippen molar-refractivity contribution < 1.29 is 0 Å². The number of benzene rings is 2. The lowest BCUT2D eigenvalue weighted by atomic mass is 10.3. The first-order chi connectivity index (χ1) is 7.65. The van der Waals surface area contributed by atoms with Crippen LogP contribution in [0.4, 0.5) is 17.1 Å². The Morgan fingerprint density at radius 1 is 0.812 bits per heavy atom. The Morgan fingerprint density at radius 3 is 2.25 bits per heavy atom. The average molecular weight is 231 g/mol. The molecule has 3 nitrogen and oxygen atoms in total. The molecule has 2 rings (SSSR count). The quantitative estimate of drug-likeness (QED) is 0.694. The number of nitrogens with two attached hydrogens (primary N) is 3. The minimum Gasteiger partial charge on any atom is -0.399 e. The van der Waals surface area contributed by atoms with Crippen LogP contribution in [0.5, 0.6) is 0 Å². The highest BCUT2D eigenvalue weighted by Gasteiger charge is 2.02. The third-order valence-corrected chi connectivity index (χ3v) is 3.20. The molecule has 0 heterocycles. The molecule has 4 heteroatoms. The van der Waals surface area contributed by atoms with Crippen LogP contribution in [0.2, 0.25) is 0 Å². The van der Waals surface area contributed by atoms with E-state index in [4.69, 9.17) is 17.2 Å². The van der Waals surface area contributed by atoms with E-state index >= 15 is 0 Å². The van der Waals surface area contributed by atoms with Crippen molar-refractivity contribution in [2.24, 2.45) is 0 Å². The van der Waals surface area contributed by atoms with Crippen LogP contribution in [-0.4, -0.2) is 0 Å². The first-order valence-corrected chi connectivity index (χ1v) is 5.65. The Kier molecular flexibility index (Phi) is 2.92. The largest absolute Gasteiger partial charge is 0.399 e. The third kappa shape index (κ3) is 2.41. The van der Waals surface area contributed by atoms with Crippen molar-refractivity contribution in [1.82, 2.24) is 0 Å². The molecule has 0 saturated heterocycles. The number of hydrogen-bond donors (Lipinski definition) is 3. The van der Waals surface area contributed by atoms with Crippen LogP contribution in [0.15, 0.2) is 52.3 Å². The molecule has 0 atom stereocenters. The molecular weight excluding hydrogens is 218 g/mol. The normalized spacial score (nSPS) is 10.2. The Morgan fingerprint density at radius 2 is 1.56 bits per heavy atom. The Balaban J connectivity index is 2.27. The van der Waals surface area contributed by atoms with Crippen LogP contribution < -0.4 is 17.2 Å². The van der Waals surface area contributed by atoms with E-state index in [9.17, 15) is 0 Å². The lowest BCUT2D eigenvalue weighted by Gasteiger charge is -2.06. The van der Waals surface area contributed by atoms with Crippen molar-refractivity contribution in [1.29, 1.82) is 0 Å². The van der Waals surface area contributed by atoms with E-state index < -0.39 is 0 Å². The first kappa shape index (κ1) is 10.7. The third-order valence-electron chi connectivity index (χ3n) is 2.12. The van der Waals surface area contributed by atoms with Gasteiger partial charge in [-0.2, -0.15) is 0 Å². The Hall–Kier alpha value is -1.81. The number of anilines is 3. The second kappa shape index (κ2) is 4.37. The van der Waals surface area contributed by atoms with Crippen LogP contribution in [0.25, 0.3) is 0 Å². The van der Waals surface area contributed by atoms with Gasteiger partial charge in [-0.3, -0.25) is 0 Å². The molecule has 0 aliphatic heterocycles. The second-order valence-electron chi connectivity index (χ2n) is 3.47. The van der Waals surface area contributed by atoms with Crippen molar-refractivity contribution in [3.8, 4) is 0 Å². The molecule has 6 N–H and O–H groups in total. The van der Waals surface area contributed by atoms with Crippen LogP contribution in [0.3, 0.4) is 0 Å². The molecule has 0 bridgehead atoms. The smallest absolute Gasteiger partial charge is 0.0476 e. The van der Waals surface area contributed by atoms with Gasteiger partial charge in [0.2, 0.25) is 0 Å². The van der Waals surface area contributed by atoms with Gasteiger partial charge in [-0.15, -0.1) is 0 Å². The van der Waals surface area contributed by atoms with Gasteiger partial charge in [-0.05, 0) is 36.4 Å². The predicted octanol–water partition coefficient (Wildman–Crippen LogP) is 2.58. The molecule has 0 amide bonds. The molecule has 0 spiro atoms. The van der Waals surface area contributed by atoms with Crippen molar-refractivity contribution >= 4 is 28.8 Å². The zero-order chi connectivity index (χ0) is 11.5. The van der Waals surface area contributed by atoms with E-state index in [1.54, 1.807) is 17.8 Å². The minimum absolute atomic E-state index is 0.675. The average Bonchev–Trinajstić information content (AvgIpc) is 2.22. The zero-order valence-corrected chi connectivity index (χ0v) is 9.50. The fourth-order valence-corrected chi connectivity index (χ4v) is 2.27. The topological polar surface area (TPSA) is 78.1 Å². The highest BCUT2D eigenvalue weighted by Crippen LogP contribution is 2.33. The Labute approximate surface area is 98.6 Å². The molecule has 0 aromatic heterocycles. The van der Waals surface area contributed by atoms with Gasteiger partial charge >= 0.3 is 0 Å². The van der Waals surface area contributed by atoms with Crippen LogP contribution in [0.1, 0.15) is 0 Å². The van der Waals surface area contributed by atoms with Crippen LogP contribution in [0, 0.1) is 0 Å². The SMILES string of the molecule is Nc1cccc(Sc2ccc(N)cc2N)c1. The maximum Gasteiger partial charge on any atom is 0.0476 e. The fraction of sp³-hybridized carbons (Fsp3) is 0. The van der Waals surface area contributed by atoms with Gasteiger partial charge < -0.3 is 17.2 Å². The van der Waals surface area contributed by atoms with E-state index in [2.05, 4.69) is 0 Å². The maximum absolute atomic E-state index is 5.88. The van der Waals surface area contributed by atoms with E-state index in [1.165, 1.54) is 0 Å². The fourth-order valence-electron chi connectivity index (χ4n) is 1.36. The van der Waals surface area contributed by atoms with Gasteiger partial charge in [-0.1, -0.05) is 17.8 Å². The molecule has 0 aliphatic rings. The summed E-state index contributed by atoms with van der Waals surface area (Å²) in [5.41, 5.74) is 19.3. The van der Waals surface area contributed by atoms with Gasteiger partial charge in [0.1, 0.15) is 0 Å². The van der Waals surface area contributed by atoms with Gasteiger partial charge in [0, 0.05) is 26.9 Å². The highest BCUT2D eigenvalue weighted by molar-refractivity contribution is 7.99. The molecule has 0 unspecified atom stereocenters. The maximum atomic E-state index is 5.88. The molecule has 82 valence electrons. The molecule has 16 heavy (non-hydrogen) atoms. The van der Waals surface area contributed by atoms with Gasteiger partial charge in [-0.25, -0.2) is 0 Å². The molecular formula is C12H13N3S. The van der Waals surface area contributed by atoms with E-state index in [0.717, 1.165) is 15.5 Å². The Bertz CT molecular complexity index is 511. The van der Waals surface area contributed by atoms with E-state index in [1.807, 2.05) is 36.4 Å². The van der Waals surface area contributed by atoms with Gasteiger partial charge in [0.05, 0.1) is 0 Å². The summed E-state index contributed by atoms with van der Waals surface area (Å²) in [5, 5.41) is 0. The summed E-state index contributed by atoms with van der Waals surface area (Å²) in [6.45, 7) is 0. The van der Waals surface area contributed by atoms with Crippen LogP contribution >= 0.6 is 11.8 Å². The minimum atomic E-state index is 0.675. The second-order valence-corrected chi connectivity index (χ2v) is 4.59. The predicted molar refractivity (Wildman–Crippen MR) is 70.2 cm³/mol. The molecule has 0 aliphatic carbocycles. The number of hydrogen-bond acceptors (Lipinski definition) is 4. The van der Waals surface area contributed by atoms with E-state index in [0.29, 0.717) is 11.4 Å². The molecule has 0 saturated carbocycles. The summed E-state index contributed by atoms with van der Waals surface area (Å²) in [5.74, 6) is 0. The first-order valence-electron chi connectivity index (χ1n) is 4.83. The number of nitrogen functional groups attached to an aromatic ring is 3. The molecule has 0 fully saturated rings. The highest BCUT2D eigenvalue weighted by atomic mass is 32.2. The summed E-state index contributed by atoms with van der Waals surface area (Å²) in [6, 6.07) is 13.2. The zero-order valence-electron chi connectivity index (χ0n) is 8.68. The van der Waals surface area contributed by atoms with Crippen molar-refractivity contribution in [3.63, 3.8) is 0 Å². The lowest BCUT2D eigenvalue weighted by Crippen LogP contribution is -1.92. The molecule has 2 aromatic rings. The molecule has 0 radical (unpaired) electrons. The van der Waals surface area contributed by atoms with Crippen molar-refractivity contribution in [3.05, 3.63) is 42.5 Å². The van der Waals surface area contributed by atoms with Gasteiger partial charge in [0.25, 0.3) is 0 Å². The summed E-state index contributed by atoms with van der Waals surface area (Å²) in [7, 11) is 0. The van der Waals surface area contributed by atoms with Crippen LogP contribution in [-0.2, 0) is 0 Å². The van der Waals surface area contributed by atoms with Gasteiger partial charge in [0.15, 0.2) is 0 Å². The van der Waals surface area contributed by atoms with Crippen molar-refractivity contribution in [2.45, 2.75) is 9.79 Å². The summed E-state index contributed by atoms with van der Waals surface area (Å²) < 4.78 is 0. The molecule has 2 aromatic carbocycles.